The van der Waals surface area contributed by atoms with Gasteiger partial charge in [0, 0.05) is 13.2 Å². The van der Waals surface area contributed by atoms with Gasteiger partial charge in [0.1, 0.15) is 0 Å². The lowest BCUT2D eigenvalue weighted by Gasteiger charge is -2.38. The molecule has 1 aliphatic carbocycles. The van der Waals surface area contributed by atoms with Gasteiger partial charge in [0.15, 0.2) is 0 Å². The van der Waals surface area contributed by atoms with Crippen LogP contribution in [0.5, 0.6) is 0 Å². The molecule has 0 bridgehead atoms. The van der Waals surface area contributed by atoms with E-state index in [1.807, 2.05) is 0 Å². The van der Waals surface area contributed by atoms with Gasteiger partial charge < -0.3 is 4.74 Å². The highest BCUT2D eigenvalue weighted by Crippen LogP contribution is 2.38. The zero-order chi connectivity index (χ0) is 11.3. The highest BCUT2D eigenvalue weighted by Gasteiger charge is 2.31. The summed E-state index contributed by atoms with van der Waals surface area (Å²) in [5.41, 5.74) is 3.61. The molecule has 0 aromatic rings. The molecule has 90 valence electrons. The number of hydrogen-bond donors (Lipinski definition) is 1. The van der Waals surface area contributed by atoms with Crippen LogP contribution in [-0.4, -0.2) is 26.4 Å². The Labute approximate surface area is 93.5 Å². The summed E-state index contributed by atoms with van der Waals surface area (Å²) in [6.45, 7) is 8.28. The summed E-state index contributed by atoms with van der Waals surface area (Å²) in [5, 5.41) is 0. The van der Waals surface area contributed by atoms with E-state index in [4.69, 9.17) is 9.57 Å². The maximum Gasteiger partial charge on any atom is 0.0915 e. The minimum absolute atomic E-state index is 0.444. The number of methoxy groups -OCH3 is 1. The van der Waals surface area contributed by atoms with Gasteiger partial charge >= 0.3 is 0 Å². The summed E-state index contributed by atoms with van der Waals surface area (Å²) in [5.74, 6) is 0.789. The number of hydrogen-bond acceptors (Lipinski definition) is 3. The highest BCUT2D eigenvalue weighted by molar-refractivity contribution is 4.84. The molecule has 0 saturated heterocycles. The molecular weight excluding hydrogens is 190 g/mol. The Kier molecular flexibility index (Phi) is 5.03. The van der Waals surface area contributed by atoms with Gasteiger partial charge in [0.05, 0.1) is 13.2 Å². The van der Waals surface area contributed by atoms with Crippen molar-refractivity contribution < 1.29 is 9.57 Å². The second kappa shape index (κ2) is 5.83. The Hall–Kier alpha value is -0.120. The lowest BCUT2D eigenvalue weighted by Crippen LogP contribution is -2.40. The largest absolute Gasteiger partial charge is 0.382 e. The van der Waals surface area contributed by atoms with Crippen LogP contribution in [0.1, 0.15) is 40.0 Å². The van der Waals surface area contributed by atoms with Gasteiger partial charge in [-0.25, -0.2) is 0 Å². The molecule has 1 N–H and O–H groups in total. The van der Waals surface area contributed by atoms with Gasteiger partial charge in [0.25, 0.3) is 0 Å². The third-order valence-corrected chi connectivity index (χ3v) is 3.03. The molecule has 0 spiro atoms. The Morgan fingerprint density at radius 2 is 2.00 bits per heavy atom. The fraction of sp³-hybridized carbons (Fsp3) is 1.00. The fourth-order valence-electron chi connectivity index (χ4n) is 2.74. The molecule has 2 unspecified atom stereocenters. The molecule has 1 aliphatic rings. The molecule has 1 fully saturated rings. The molecule has 0 aromatic carbocycles. The van der Waals surface area contributed by atoms with Crippen LogP contribution >= 0.6 is 0 Å². The smallest absolute Gasteiger partial charge is 0.0915 e. The Bertz CT molecular complexity index is 182. The molecule has 3 heteroatoms. The van der Waals surface area contributed by atoms with Gasteiger partial charge in [0.2, 0.25) is 0 Å². The molecule has 0 radical (unpaired) electrons. The van der Waals surface area contributed by atoms with Crippen molar-refractivity contribution in [2.45, 2.75) is 46.1 Å². The Morgan fingerprint density at radius 1 is 1.27 bits per heavy atom. The van der Waals surface area contributed by atoms with Crippen molar-refractivity contribution in [3.63, 3.8) is 0 Å². The lowest BCUT2D eigenvalue weighted by molar-refractivity contribution is -0.0342. The van der Waals surface area contributed by atoms with Crippen LogP contribution < -0.4 is 5.48 Å². The second-order valence-corrected chi connectivity index (χ2v) is 5.57. The highest BCUT2D eigenvalue weighted by atomic mass is 16.7. The topological polar surface area (TPSA) is 30.5 Å². The van der Waals surface area contributed by atoms with Crippen molar-refractivity contribution in [3.05, 3.63) is 0 Å². The maximum absolute atomic E-state index is 5.38. The van der Waals surface area contributed by atoms with E-state index in [9.17, 15) is 0 Å². The van der Waals surface area contributed by atoms with E-state index in [0.29, 0.717) is 24.7 Å². The van der Waals surface area contributed by atoms with Crippen molar-refractivity contribution in [2.24, 2.45) is 11.3 Å². The molecule has 1 rings (SSSR count). The van der Waals surface area contributed by atoms with Gasteiger partial charge in [-0.3, -0.25) is 4.84 Å². The normalized spacial score (nSPS) is 30.4. The van der Waals surface area contributed by atoms with Crippen molar-refractivity contribution in [1.82, 2.24) is 5.48 Å². The molecular formula is C12H25NO2. The summed E-state index contributed by atoms with van der Waals surface area (Å²) < 4.78 is 4.93. The average Bonchev–Trinajstić information content (AvgIpc) is 2.09. The van der Waals surface area contributed by atoms with Crippen LogP contribution in [0.25, 0.3) is 0 Å². The fourth-order valence-corrected chi connectivity index (χ4v) is 2.74. The number of rotatable bonds is 5. The molecule has 0 aliphatic heterocycles. The molecule has 0 amide bonds. The van der Waals surface area contributed by atoms with Gasteiger partial charge in [-0.1, -0.05) is 20.8 Å². The van der Waals surface area contributed by atoms with Crippen LogP contribution in [0.15, 0.2) is 0 Å². The first kappa shape index (κ1) is 12.9. The van der Waals surface area contributed by atoms with Gasteiger partial charge in [-0.15, -0.1) is 0 Å². The first-order valence-electron chi connectivity index (χ1n) is 5.90. The molecule has 2 atom stereocenters. The van der Waals surface area contributed by atoms with Crippen molar-refractivity contribution in [1.29, 1.82) is 0 Å². The summed E-state index contributed by atoms with van der Waals surface area (Å²) in [7, 11) is 1.69. The van der Waals surface area contributed by atoms with E-state index < -0.39 is 0 Å². The lowest BCUT2D eigenvalue weighted by atomic mass is 9.71. The van der Waals surface area contributed by atoms with E-state index in [1.54, 1.807) is 7.11 Å². The van der Waals surface area contributed by atoms with Gasteiger partial charge in [-0.05, 0) is 30.6 Å². The van der Waals surface area contributed by atoms with Gasteiger partial charge in [-0.2, -0.15) is 5.48 Å². The average molecular weight is 215 g/mol. The molecule has 3 nitrogen and oxygen atoms in total. The van der Waals surface area contributed by atoms with Crippen LogP contribution in [0.2, 0.25) is 0 Å². The van der Waals surface area contributed by atoms with E-state index in [2.05, 4.69) is 26.3 Å². The second-order valence-electron chi connectivity index (χ2n) is 5.57. The first-order chi connectivity index (χ1) is 7.03. The summed E-state index contributed by atoms with van der Waals surface area (Å²) in [6.07, 6.45) is 3.74. The number of nitrogens with one attached hydrogen (secondary N) is 1. The zero-order valence-electron chi connectivity index (χ0n) is 10.5. The predicted molar refractivity (Wildman–Crippen MR) is 61.5 cm³/mol. The number of ether oxygens (including phenoxy) is 1. The van der Waals surface area contributed by atoms with E-state index in [-0.39, 0.29) is 0 Å². The standard InChI is InChI=1S/C12H25NO2/c1-10-7-11(9-12(2,3)8-10)13-15-6-5-14-4/h10-11,13H,5-9H2,1-4H3. The minimum atomic E-state index is 0.444. The van der Waals surface area contributed by atoms with Crippen LogP contribution in [0.4, 0.5) is 0 Å². The Balaban J connectivity index is 2.23. The maximum atomic E-state index is 5.38. The Morgan fingerprint density at radius 3 is 2.60 bits per heavy atom. The van der Waals surface area contributed by atoms with Crippen molar-refractivity contribution >= 4 is 0 Å². The minimum Gasteiger partial charge on any atom is -0.382 e. The summed E-state index contributed by atoms with van der Waals surface area (Å²) in [6, 6.07) is 0.501. The number of hydroxylamine groups is 1. The monoisotopic (exact) mass is 215 g/mol. The SMILES string of the molecule is COCCONC1CC(C)CC(C)(C)C1. The van der Waals surface area contributed by atoms with E-state index in [1.165, 1.54) is 19.3 Å². The third kappa shape index (κ3) is 4.96. The first-order valence-corrected chi connectivity index (χ1v) is 5.90. The van der Waals surface area contributed by atoms with Crippen molar-refractivity contribution in [2.75, 3.05) is 20.3 Å². The summed E-state index contributed by atoms with van der Waals surface area (Å²) in [4.78, 5) is 5.38. The third-order valence-electron chi connectivity index (χ3n) is 3.03. The van der Waals surface area contributed by atoms with Crippen LogP contribution in [-0.2, 0) is 9.57 Å². The quantitative estimate of drug-likeness (QED) is 0.564. The predicted octanol–water partition coefficient (Wildman–Crippen LogP) is 2.37. The molecule has 15 heavy (non-hydrogen) atoms. The molecule has 0 aromatic heterocycles. The summed E-state index contributed by atoms with van der Waals surface area (Å²) >= 11 is 0. The van der Waals surface area contributed by atoms with Crippen LogP contribution in [0.3, 0.4) is 0 Å². The van der Waals surface area contributed by atoms with E-state index in [0.717, 1.165) is 5.92 Å². The van der Waals surface area contributed by atoms with E-state index >= 15 is 0 Å². The molecule has 1 saturated carbocycles. The van der Waals surface area contributed by atoms with Crippen LogP contribution in [0, 0.1) is 11.3 Å². The van der Waals surface area contributed by atoms with Crippen molar-refractivity contribution in [3.8, 4) is 0 Å². The molecule has 0 heterocycles. The zero-order valence-corrected chi connectivity index (χ0v) is 10.5.